The predicted octanol–water partition coefficient (Wildman–Crippen LogP) is 4.28. The molecule has 4 rings (SSSR count). The molecule has 19 heavy (non-hydrogen) atoms. The molecule has 3 nitrogen and oxygen atoms in total. The Morgan fingerprint density at radius 2 is 1.47 bits per heavy atom. The van der Waals surface area contributed by atoms with Gasteiger partial charge in [0, 0.05) is 6.07 Å². The normalized spacial score (nSPS) is 11.4. The van der Waals surface area contributed by atoms with Gasteiger partial charge >= 0.3 is 0 Å². The molecule has 0 aliphatic rings. The molecular weight excluding hydrogens is 276 g/mol. The lowest BCUT2D eigenvalue weighted by molar-refractivity contribution is 0.476. The summed E-state index contributed by atoms with van der Waals surface area (Å²) in [4.78, 5) is 9.15. The number of phenolic OH excluding ortho intramolecular Hbond substituents is 1. The summed E-state index contributed by atoms with van der Waals surface area (Å²) in [7, 11) is 0. The minimum atomic E-state index is 0.244. The molecule has 0 bridgehead atoms. The molecule has 92 valence electrons. The Kier molecular flexibility index (Phi) is 2.30. The van der Waals surface area contributed by atoms with E-state index in [-0.39, 0.29) is 5.75 Å². The molecule has 2 aromatic carbocycles. The summed E-state index contributed by atoms with van der Waals surface area (Å²) in [5, 5.41) is 11.3. The van der Waals surface area contributed by atoms with E-state index in [2.05, 4.69) is 16.0 Å². The van der Waals surface area contributed by atoms with Crippen LogP contribution in [-0.2, 0) is 0 Å². The third-order valence-electron chi connectivity index (χ3n) is 2.85. The van der Waals surface area contributed by atoms with Gasteiger partial charge in [0.25, 0.3) is 0 Å². The maximum atomic E-state index is 9.48. The molecule has 2 heterocycles. The van der Waals surface area contributed by atoms with E-state index >= 15 is 0 Å². The van der Waals surface area contributed by atoms with Gasteiger partial charge in [0.15, 0.2) is 10.0 Å². The summed E-state index contributed by atoms with van der Waals surface area (Å²) < 4.78 is 2.23. The first-order valence-electron chi connectivity index (χ1n) is 5.75. The summed E-state index contributed by atoms with van der Waals surface area (Å²) in [5.41, 5.74) is 1.82. The van der Waals surface area contributed by atoms with E-state index in [0.717, 1.165) is 25.7 Å². The molecular formula is C14H8N2OS2. The molecule has 0 aliphatic heterocycles. The summed E-state index contributed by atoms with van der Waals surface area (Å²) in [6.07, 6.45) is 0. The standard InChI is InChI=1S/C14H8N2OS2/c17-8-5-6-12-10(7-8)16-14(19-12)13-15-9-3-1-2-4-11(9)18-13/h1-7,17H. The second kappa shape index (κ2) is 4.01. The van der Waals surface area contributed by atoms with Crippen LogP contribution in [0.5, 0.6) is 5.75 Å². The van der Waals surface area contributed by atoms with E-state index in [1.54, 1.807) is 34.8 Å². The monoisotopic (exact) mass is 284 g/mol. The lowest BCUT2D eigenvalue weighted by atomic mass is 10.3. The first kappa shape index (κ1) is 10.9. The van der Waals surface area contributed by atoms with Crippen molar-refractivity contribution < 1.29 is 5.11 Å². The summed E-state index contributed by atoms with van der Waals surface area (Å²) in [6, 6.07) is 13.3. The Hall–Kier alpha value is -1.98. The van der Waals surface area contributed by atoms with Crippen LogP contribution in [0.2, 0.25) is 0 Å². The van der Waals surface area contributed by atoms with Crippen LogP contribution in [0, 0.1) is 0 Å². The molecule has 4 aromatic rings. The minimum absolute atomic E-state index is 0.244. The highest BCUT2D eigenvalue weighted by atomic mass is 32.1. The van der Waals surface area contributed by atoms with Gasteiger partial charge in [-0.3, -0.25) is 0 Å². The van der Waals surface area contributed by atoms with Crippen LogP contribution in [0.4, 0.5) is 0 Å². The van der Waals surface area contributed by atoms with Crippen molar-refractivity contribution in [2.45, 2.75) is 0 Å². The fraction of sp³-hybridized carbons (Fsp3) is 0. The van der Waals surface area contributed by atoms with Gasteiger partial charge in [-0.25, -0.2) is 9.97 Å². The van der Waals surface area contributed by atoms with Crippen molar-refractivity contribution >= 4 is 43.1 Å². The predicted molar refractivity (Wildman–Crippen MR) is 79.9 cm³/mol. The third kappa shape index (κ3) is 1.78. The fourth-order valence-electron chi connectivity index (χ4n) is 1.97. The number of aromatic hydroxyl groups is 1. The second-order valence-corrected chi connectivity index (χ2v) is 6.22. The van der Waals surface area contributed by atoms with Crippen molar-refractivity contribution in [3.63, 3.8) is 0 Å². The maximum Gasteiger partial charge on any atom is 0.153 e. The van der Waals surface area contributed by atoms with Gasteiger partial charge in [0.05, 0.1) is 20.4 Å². The van der Waals surface area contributed by atoms with Gasteiger partial charge in [-0.2, -0.15) is 0 Å². The highest BCUT2D eigenvalue weighted by Crippen LogP contribution is 2.35. The number of benzene rings is 2. The Labute approximate surface area is 116 Å². The number of thiazole rings is 2. The Morgan fingerprint density at radius 1 is 0.789 bits per heavy atom. The second-order valence-electron chi connectivity index (χ2n) is 4.16. The fourth-order valence-corrected chi connectivity index (χ4v) is 3.90. The molecule has 0 amide bonds. The molecule has 0 saturated carbocycles. The van der Waals surface area contributed by atoms with E-state index < -0.39 is 0 Å². The zero-order valence-corrected chi connectivity index (χ0v) is 11.3. The number of fused-ring (bicyclic) bond motifs is 2. The van der Waals surface area contributed by atoms with Gasteiger partial charge in [-0.05, 0) is 24.3 Å². The smallest absolute Gasteiger partial charge is 0.153 e. The minimum Gasteiger partial charge on any atom is -0.508 e. The first-order chi connectivity index (χ1) is 9.29. The number of nitrogens with zero attached hydrogens (tertiary/aromatic N) is 2. The average Bonchev–Trinajstić information content (AvgIpc) is 3.00. The van der Waals surface area contributed by atoms with Gasteiger partial charge in [-0.1, -0.05) is 12.1 Å². The molecule has 0 spiro atoms. The quantitative estimate of drug-likeness (QED) is 0.567. The molecule has 0 fully saturated rings. The van der Waals surface area contributed by atoms with Crippen molar-refractivity contribution in [3.05, 3.63) is 42.5 Å². The average molecular weight is 284 g/mol. The highest BCUT2D eigenvalue weighted by Gasteiger charge is 2.11. The van der Waals surface area contributed by atoms with E-state index in [9.17, 15) is 5.11 Å². The molecule has 0 unspecified atom stereocenters. The number of phenols is 1. The van der Waals surface area contributed by atoms with Crippen LogP contribution < -0.4 is 0 Å². The third-order valence-corrected chi connectivity index (χ3v) is 5.06. The van der Waals surface area contributed by atoms with Crippen LogP contribution in [0.15, 0.2) is 42.5 Å². The molecule has 0 radical (unpaired) electrons. The van der Waals surface area contributed by atoms with Crippen LogP contribution in [0.1, 0.15) is 0 Å². The maximum absolute atomic E-state index is 9.48. The van der Waals surface area contributed by atoms with Crippen molar-refractivity contribution in [1.29, 1.82) is 0 Å². The molecule has 0 saturated heterocycles. The van der Waals surface area contributed by atoms with Crippen LogP contribution in [-0.4, -0.2) is 15.1 Å². The van der Waals surface area contributed by atoms with Crippen molar-refractivity contribution in [3.8, 4) is 15.8 Å². The highest BCUT2D eigenvalue weighted by molar-refractivity contribution is 7.27. The lowest BCUT2D eigenvalue weighted by Gasteiger charge is -1.88. The van der Waals surface area contributed by atoms with Gasteiger partial charge < -0.3 is 5.11 Å². The Bertz CT molecular complexity index is 862. The van der Waals surface area contributed by atoms with E-state index in [4.69, 9.17) is 0 Å². The number of rotatable bonds is 1. The van der Waals surface area contributed by atoms with Crippen LogP contribution >= 0.6 is 22.7 Å². The molecule has 0 aliphatic carbocycles. The zero-order chi connectivity index (χ0) is 12.8. The molecule has 0 atom stereocenters. The van der Waals surface area contributed by atoms with Crippen LogP contribution in [0.25, 0.3) is 30.4 Å². The topological polar surface area (TPSA) is 46.0 Å². The Balaban J connectivity index is 1.93. The van der Waals surface area contributed by atoms with E-state index in [0.29, 0.717) is 0 Å². The Morgan fingerprint density at radius 3 is 2.26 bits per heavy atom. The molecule has 1 N–H and O–H groups in total. The molecule has 2 aromatic heterocycles. The van der Waals surface area contributed by atoms with Crippen molar-refractivity contribution in [2.75, 3.05) is 0 Å². The van der Waals surface area contributed by atoms with Crippen molar-refractivity contribution in [1.82, 2.24) is 9.97 Å². The largest absolute Gasteiger partial charge is 0.508 e. The zero-order valence-electron chi connectivity index (χ0n) is 9.70. The van der Waals surface area contributed by atoms with E-state index in [1.807, 2.05) is 24.3 Å². The first-order valence-corrected chi connectivity index (χ1v) is 7.38. The van der Waals surface area contributed by atoms with E-state index in [1.165, 1.54) is 4.70 Å². The number of para-hydroxylation sites is 1. The van der Waals surface area contributed by atoms with Crippen LogP contribution in [0.3, 0.4) is 0 Å². The van der Waals surface area contributed by atoms with Gasteiger partial charge in [0.1, 0.15) is 5.75 Å². The number of hydrogen-bond donors (Lipinski definition) is 1. The number of hydrogen-bond acceptors (Lipinski definition) is 5. The molecule has 5 heteroatoms. The lowest BCUT2D eigenvalue weighted by Crippen LogP contribution is -1.73. The summed E-state index contributed by atoms with van der Waals surface area (Å²) in [5.74, 6) is 0.244. The summed E-state index contributed by atoms with van der Waals surface area (Å²) in [6.45, 7) is 0. The number of aromatic nitrogens is 2. The SMILES string of the molecule is Oc1ccc2sc(-c3nc4ccccc4s3)nc2c1. The van der Waals surface area contributed by atoms with Gasteiger partial charge in [0.2, 0.25) is 0 Å². The van der Waals surface area contributed by atoms with Crippen molar-refractivity contribution in [2.24, 2.45) is 0 Å². The van der Waals surface area contributed by atoms with Gasteiger partial charge in [-0.15, -0.1) is 22.7 Å². The summed E-state index contributed by atoms with van der Waals surface area (Å²) >= 11 is 3.24.